The summed E-state index contributed by atoms with van der Waals surface area (Å²) >= 11 is 0. The molecule has 0 unspecified atom stereocenters. The molecule has 4 nitrogen and oxygen atoms in total. The fourth-order valence-corrected chi connectivity index (χ4v) is 3.84. The molecule has 1 fully saturated rings. The first-order valence-electron chi connectivity index (χ1n) is 9.00. The van der Waals surface area contributed by atoms with Crippen molar-refractivity contribution in [3.05, 3.63) is 75.8 Å². The molecule has 2 aromatic rings. The minimum atomic E-state index is -0.347. The molecule has 0 amide bonds. The highest BCUT2D eigenvalue weighted by Gasteiger charge is 2.37. The van der Waals surface area contributed by atoms with Crippen LogP contribution in [0.15, 0.2) is 54.6 Å². The van der Waals surface area contributed by atoms with Gasteiger partial charge in [0.25, 0.3) is 5.69 Å². The van der Waals surface area contributed by atoms with Crippen LogP contribution in [0.2, 0.25) is 0 Å². The van der Waals surface area contributed by atoms with Gasteiger partial charge in [-0.1, -0.05) is 56.3 Å². The molecule has 0 N–H and O–H groups in total. The minimum Gasteiger partial charge on any atom is -0.303 e. The molecule has 0 aliphatic carbocycles. The Hall–Kier alpha value is -2.20. The van der Waals surface area contributed by atoms with E-state index in [2.05, 4.69) is 49.1 Å². The van der Waals surface area contributed by atoms with Crippen molar-refractivity contribution in [2.24, 2.45) is 5.92 Å². The second kappa shape index (κ2) is 7.36. The molecule has 4 heteroatoms. The molecular weight excluding hydrogens is 312 g/mol. The van der Waals surface area contributed by atoms with E-state index < -0.39 is 0 Å². The Bertz CT molecular complexity index is 714. The zero-order valence-corrected chi connectivity index (χ0v) is 15.0. The second-order valence-corrected chi connectivity index (χ2v) is 7.41. The van der Waals surface area contributed by atoms with E-state index in [1.807, 2.05) is 12.1 Å². The van der Waals surface area contributed by atoms with E-state index in [9.17, 15) is 10.1 Å². The number of rotatable bonds is 5. The maximum Gasteiger partial charge on any atom is 0.269 e. The summed E-state index contributed by atoms with van der Waals surface area (Å²) < 4.78 is 0. The Morgan fingerprint density at radius 1 is 1.16 bits per heavy atom. The van der Waals surface area contributed by atoms with E-state index in [0.29, 0.717) is 5.92 Å². The molecule has 25 heavy (non-hydrogen) atoms. The minimum absolute atomic E-state index is 0.161. The molecule has 1 aliphatic heterocycles. The van der Waals surface area contributed by atoms with Gasteiger partial charge in [0.05, 0.1) is 4.92 Å². The molecule has 0 saturated carbocycles. The van der Waals surface area contributed by atoms with E-state index in [4.69, 9.17) is 0 Å². The van der Waals surface area contributed by atoms with Crippen LogP contribution >= 0.6 is 0 Å². The fourth-order valence-electron chi connectivity index (χ4n) is 3.84. The van der Waals surface area contributed by atoms with Crippen LogP contribution in [0.5, 0.6) is 0 Å². The van der Waals surface area contributed by atoms with Crippen LogP contribution in [-0.4, -0.2) is 29.5 Å². The fraction of sp³-hybridized carbons (Fsp3) is 0.429. The molecule has 0 spiro atoms. The summed E-state index contributed by atoms with van der Waals surface area (Å²) in [6, 6.07) is 17.8. The maximum atomic E-state index is 10.7. The lowest BCUT2D eigenvalue weighted by Crippen LogP contribution is -2.47. The Kier molecular flexibility index (Phi) is 5.19. The van der Waals surface area contributed by atoms with Crippen LogP contribution < -0.4 is 0 Å². The number of nitro groups is 1. The van der Waals surface area contributed by atoms with Gasteiger partial charge in [-0.2, -0.15) is 0 Å². The highest BCUT2D eigenvalue weighted by atomic mass is 16.6. The number of hydrogen-bond acceptors (Lipinski definition) is 3. The van der Waals surface area contributed by atoms with Crippen molar-refractivity contribution < 1.29 is 4.92 Å². The topological polar surface area (TPSA) is 46.4 Å². The quantitative estimate of drug-likeness (QED) is 0.598. The summed E-state index contributed by atoms with van der Waals surface area (Å²) in [6.07, 6.45) is 2.10. The molecule has 0 aromatic heterocycles. The third kappa shape index (κ3) is 3.90. The van der Waals surface area contributed by atoms with Crippen LogP contribution in [0.4, 0.5) is 5.69 Å². The molecule has 3 rings (SSSR count). The summed E-state index contributed by atoms with van der Waals surface area (Å²) in [6.45, 7) is 7.94. The summed E-state index contributed by atoms with van der Waals surface area (Å²) in [5, 5.41) is 10.7. The first-order chi connectivity index (χ1) is 12.0. The van der Waals surface area contributed by atoms with E-state index >= 15 is 0 Å². The average molecular weight is 338 g/mol. The number of nitro benzene ring substituents is 1. The van der Waals surface area contributed by atoms with Gasteiger partial charge in [0.2, 0.25) is 0 Å². The lowest BCUT2D eigenvalue weighted by atomic mass is 9.68. The zero-order valence-electron chi connectivity index (χ0n) is 15.0. The van der Waals surface area contributed by atoms with Gasteiger partial charge in [-0.05, 0) is 41.8 Å². The molecule has 132 valence electrons. The van der Waals surface area contributed by atoms with Crippen molar-refractivity contribution in [1.29, 1.82) is 0 Å². The zero-order chi connectivity index (χ0) is 17.9. The number of nitrogens with zero attached hydrogens (tertiary/aromatic N) is 2. The third-order valence-electron chi connectivity index (χ3n) is 5.86. The van der Waals surface area contributed by atoms with Crippen molar-refractivity contribution in [2.45, 2.75) is 32.1 Å². The Balaban J connectivity index is 1.57. The largest absolute Gasteiger partial charge is 0.303 e. The van der Waals surface area contributed by atoms with Crippen molar-refractivity contribution in [2.75, 3.05) is 19.6 Å². The molecule has 0 radical (unpaired) electrons. The van der Waals surface area contributed by atoms with E-state index in [1.54, 1.807) is 12.1 Å². The monoisotopic (exact) mass is 338 g/mol. The molecule has 1 heterocycles. The Labute approximate surface area is 149 Å². The number of benzene rings is 2. The molecule has 0 bridgehead atoms. The van der Waals surface area contributed by atoms with Crippen molar-refractivity contribution >= 4 is 5.69 Å². The summed E-state index contributed by atoms with van der Waals surface area (Å²) in [4.78, 5) is 12.9. The van der Waals surface area contributed by atoms with E-state index in [1.165, 1.54) is 12.0 Å². The predicted octanol–water partition coefficient (Wildman–Crippen LogP) is 4.44. The maximum absolute atomic E-state index is 10.7. The van der Waals surface area contributed by atoms with Gasteiger partial charge >= 0.3 is 0 Å². The lowest BCUT2D eigenvalue weighted by molar-refractivity contribution is -0.384. The van der Waals surface area contributed by atoms with Gasteiger partial charge in [0.1, 0.15) is 0 Å². The highest BCUT2D eigenvalue weighted by molar-refractivity contribution is 5.33. The first kappa shape index (κ1) is 17.6. The average Bonchev–Trinajstić information content (AvgIpc) is 2.64. The Morgan fingerprint density at radius 3 is 2.44 bits per heavy atom. The standard InChI is InChI=1S/C21H26N2O2/c1-17-16-22(14-12-18-8-10-20(11-9-18)23(24)25)15-13-21(17,2)19-6-4-3-5-7-19/h3-11,17H,12-16H2,1-2H3/t17-,21-/m0/s1. The molecule has 1 saturated heterocycles. The van der Waals surface area contributed by atoms with Gasteiger partial charge < -0.3 is 4.90 Å². The van der Waals surface area contributed by atoms with Gasteiger partial charge in [-0.3, -0.25) is 10.1 Å². The van der Waals surface area contributed by atoms with Gasteiger partial charge in [-0.15, -0.1) is 0 Å². The third-order valence-corrected chi connectivity index (χ3v) is 5.86. The molecule has 1 aliphatic rings. The van der Waals surface area contributed by atoms with Gasteiger partial charge in [0.15, 0.2) is 0 Å². The smallest absolute Gasteiger partial charge is 0.269 e. The van der Waals surface area contributed by atoms with Crippen LogP contribution in [0, 0.1) is 16.0 Å². The van der Waals surface area contributed by atoms with Crippen LogP contribution in [0.1, 0.15) is 31.4 Å². The Morgan fingerprint density at radius 2 is 1.84 bits per heavy atom. The normalized spacial score (nSPS) is 24.2. The van der Waals surface area contributed by atoms with E-state index in [-0.39, 0.29) is 16.0 Å². The molecule has 2 aromatic carbocycles. The van der Waals surface area contributed by atoms with E-state index in [0.717, 1.165) is 31.6 Å². The number of piperidine rings is 1. The van der Waals surface area contributed by atoms with Crippen LogP contribution in [-0.2, 0) is 11.8 Å². The summed E-state index contributed by atoms with van der Waals surface area (Å²) in [5.41, 5.74) is 3.01. The van der Waals surface area contributed by atoms with Crippen molar-refractivity contribution in [1.82, 2.24) is 4.90 Å². The number of hydrogen-bond donors (Lipinski definition) is 0. The van der Waals surface area contributed by atoms with Crippen LogP contribution in [0.3, 0.4) is 0 Å². The number of non-ortho nitro benzene ring substituents is 1. The van der Waals surface area contributed by atoms with Gasteiger partial charge in [0, 0.05) is 25.2 Å². The van der Waals surface area contributed by atoms with Crippen molar-refractivity contribution in [3.63, 3.8) is 0 Å². The lowest BCUT2D eigenvalue weighted by Gasteiger charge is -2.45. The number of likely N-dealkylation sites (tertiary alicyclic amines) is 1. The summed E-state index contributed by atoms with van der Waals surface area (Å²) in [5.74, 6) is 0.598. The highest BCUT2D eigenvalue weighted by Crippen LogP contribution is 2.39. The SMILES string of the molecule is C[C@H]1CN(CCc2ccc([N+](=O)[O-])cc2)CC[C@]1(C)c1ccccc1. The second-order valence-electron chi connectivity index (χ2n) is 7.41. The predicted molar refractivity (Wildman–Crippen MR) is 101 cm³/mol. The first-order valence-corrected chi connectivity index (χ1v) is 9.00. The summed E-state index contributed by atoms with van der Waals surface area (Å²) in [7, 11) is 0. The van der Waals surface area contributed by atoms with Crippen molar-refractivity contribution in [3.8, 4) is 0 Å². The molecular formula is C21H26N2O2. The van der Waals surface area contributed by atoms with Gasteiger partial charge in [-0.25, -0.2) is 0 Å². The molecule has 2 atom stereocenters. The van der Waals surface area contributed by atoms with Crippen LogP contribution in [0.25, 0.3) is 0 Å².